The number of rotatable bonds is 1. The molecule has 2 rings (SSSR count). The third-order valence-electron chi connectivity index (χ3n) is 1.83. The lowest BCUT2D eigenvalue weighted by atomic mass is 10.6. The molecule has 1 aliphatic rings. The third kappa shape index (κ3) is 1.07. The minimum atomic E-state index is 0.774. The molecule has 0 amide bonds. The lowest BCUT2D eigenvalue weighted by molar-refractivity contribution is 0.711. The van der Waals surface area contributed by atoms with Gasteiger partial charge in [0.15, 0.2) is 0 Å². The molecule has 0 radical (unpaired) electrons. The van der Waals surface area contributed by atoms with Crippen molar-refractivity contribution in [2.24, 2.45) is 0 Å². The topological polar surface area (TPSA) is 17.8 Å². The molecular weight excluding hydrogens is 239 g/mol. The van der Waals surface area contributed by atoms with Gasteiger partial charge >= 0.3 is 0 Å². The molecule has 0 N–H and O–H groups in total. The summed E-state index contributed by atoms with van der Waals surface area (Å²) in [6, 6.07) is 0.774. The van der Waals surface area contributed by atoms with Crippen molar-refractivity contribution in [2.45, 2.75) is 25.8 Å². The molecule has 0 bridgehead atoms. The lowest BCUT2D eigenvalue weighted by Crippen LogP contribution is -1.93. The Morgan fingerprint density at radius 1 is 1.70 bits per heavy atom. The summed E-state index contributed by atoms with van der Waals surface area (Å²) in [5.74, 6) is 1.16. The molecule has 1 heterocycles. The van der Waals surface area contributed by atoms with Crippen molar-refractivity contribution >= 4 is 22.6 Å². The van der Waals surface area contributed by atoms with Crippen LogP contribution in [0.4, 0.5) is 0 Å². The predicted octanol–water partition coefficient (Wildman–Crippen LogP) is 2.13. The normalized spacial score (nSPS) is 17.8. The molecule has 54 valence electrons. The fourth-order valence-corrected chi connectivity index (χ4v) is 1.82. The summed E-state index contributed by atoms with van der Waals surface area (Å²) in [6.07, 6.45) is 4.81. The van der Waals surface area contributed by atoms with Crippen LogP contribution in [0.5, 0.6) is 0 Å². The van der Waals surface area contributed by atoms with Crippen molar-refractivity contribution in [1.82, 2.24) is 9.55 Å². The molecule has 1 aromatic rings. The molecule has 0 spiro atoms. The number of aromatic nitrogens is 2. The fourth-order valence-electron chi connectivity index (χ4n) is 1.17. The molecule has 0 unspecified atom stereocenters. The van der Waals surface area contributed by atoms with Gasteiger partial charge in [-0.1, -0.05) is 0 Å². The number of aryl methyl sites for hydroxylation is 1. The standard InChI is InChI=1S/C7H9IN2/c1-5-9-7(8)4-10(5)6-2-3-6/h4,6H,2-3H2,1H3. The quantitative estimate of drug-likeness (QED) is 0.696. The summed E-state index contributed by atoms with van der Waals surface area (Å²) in [6.45, 7) is 2.07. The van der Waals surface area contributed by atoms with Crippen LogP contribution in [-0.4, -0.2) is 9.55 Å². The van der Waals surface area contributed by atoms with E-state index in [1.54, 1.807) is 0 Å². The van der Waals surface area contributed by atoms with Crippen LogP contribution in [0.15, 0.2) is 6.20 Å². The van der Waals surface area contributed by atoms with E-state index in [-0.39, 0.29) is 0 Å². The van der Waals surface area contributed by atoms with Crippen LogP contribution in [0, 0.1) is 10.6 Å². The van der Waals surface area contributed by atoms with Crippen molar-refractivity contribution in [2.75, 3.05) is 0 Å². The first kappa shape index (κ1) is 6.64. The molecule has 3 heteroatoms. The third-order valence-corrected chi connectivity index (χ3v) is 2.35. The van der Waals surface area contributed by atoms with Crippen LogP contribution >= 0.6 is 22.6 Å². The van der Waals surface area contributed by atoms with Crippen molar-refractivity contribution < 1.29 is 0 Å². The summed E-state index contributed by atoms with van der Waals surface area (Å²) >= 11 is 2.26. The maximum Gasteiger partial charge on any atom is 0.119 e. The monoisotopic (exact) mass is 248 g/mol. The minimum Gasteiger partial charge on any atom is -0.331 e. The second-order valence-electron chi connectivity index (χ2n) is 2.75. The van der Waals surface area contributed by atoms with Crippen molar-refractivity contribution in [1.29, 1.82) is 0 Å². The Morgan fingerprint density at radius 2 is 2.40 bits per heavy atom. The average molecular weight is 248 g/mol. The van der Waals surface area contributed by atoms with Gasteiger partial charge in [-0.25, -0.2) is 4.98 Å². The van der Waals surface area contributed by atoms with Gasteiger partial charge in [0, 0.05) is 12.2 Å². The summed E-state index contributed by atoms with van der Waals surface area (Å²) in [7, 11) is 0. The van der Waals surface area contributed by atoms with Gasteiger partial charge in [-0.2, -0.15) is 0 Å². The maximum absolute atomic E-state index is 4.32. The molecule has 2 nitrogen and oxygen atoms in total. The first-order chi connectivity index (χ1) is 4.77. The van der Waals surface area contributed by atoms with E-state index in [0.717, 1.165) is 15.6 Å². The first-order valence-corrected chi connectivity index (χ1v) is 4.56. The Labute approximate surface area is 73.8 Å². The van der Waals surface area contributed by atoms with E-state index in [4.69, 9.17) is 0 Å². The second-order valence-corrected chi connectivity index (χ2v) is 3.85. The summed E-state index contributed by atoms with van der Waals surface area (Å²) in [4.78, 5) is 4.32. The summed E-state index contributed by atoms with van der Waals surface area (Å²) in [5.41, 5.74) is 0. The van der Waals surface area contributed by atoms with Crippen LogP contribution in [0.1, 0.15) is 24.7 Å². The lowest BCUT2D eigenvalue weighted by Gasteiger charge is -1.98. The molecular formula is C7H9IN2. The molecule has 1 aromatic heterocycles. The molecule has 10 heavy (non-hydrogen) atoms. The van der Waals surface area contributed by atoms with E-state index in [9.17, 15) is 0 Å². The van der Waals surface area contributed by atoms with E-state index in [0.29, 0.717) is 0 Å². The number of hydrogen-bond donors (Lipinski definition) is 0. The largest absolute Gasteiger partial charge is 0.331 e. The average Bonchev–Trinajstić information content (AvgIpc) is 2.61. The molecule has 0 saturated heterocycles. The van der Waals surface area contributed by atoms with E-state index >= 15 is 0 Å². The second kappa shape index (κ2) is 2.22. The first-order valence-electron chi connectivity index (χ1n) is 3.48. The van der Waals surface area contributed by atoms with Crippen molar-refractivity contribution in [3.05, 3.63) is 15.7 Å². The Bertz CT molecular complexity index is 250. The highest BCUT2D eigenvalue weighted by Gasteiger charge is 2.24. The smallest absolute Gasteiger partial charge is 0.119 e. The molecule has 1 saturated carbocycles. The van der Waals surface area contributed by atoms with E-state index in [1.165, 1.54) is 12.8 Å². The maximum atomic E-state index is 4.32. The van der Waals surface area contributed by atoms with Crippen LogP contribution < -0.4 is 0 Å². The number of halogens is 1. The van der Waals surface area contributed by atoms with Gasteiger partial charge in [0.25, 0.3) is 0 Å². The Balaban J connectivity index is 2.38. The van der Waals surface area contributed by atoms with Crippen molar-refractivity contribution in [3.8, 4) is 0 Å². The van der Waals surface area contributed by atoms with Gasteiger partial charge < -0.3 is 4.57 Å². The highest BCUT2D eigenvalue weighted by Crippen LogP contribution is 2.35. The molecule has 1 fully saturated rings. The highest BCUT2D eigenvalue weighted by molar-refractivity contribution is 14.1. The van der Waals surface area contributed by atoms with Gasteiger partial charge in [-0.15, -0.1) is 0 Å². The summed E-state index contributed by atoms with van der Waals surface area (Å²) < 4.78 is 3.39. The highest BCUT2D eigenvalue weighted by atomic mass is 127. The molecule has 0 aliphatic heterocycles. The van der Waals surface area contributed by atoms with E-state index in [1.807, 2.05) is 0 Å². The number of imidazole rings is 1. The zero-order chi connectivity index (χ0) is 7.14. The number of hydrogen-bond acceptors (Lipinski definition) is 1. The van der Waals surface area contributed by atoms with Crippen LogP contribution in [-0.2, 0) is 0 Å². The van der Waals surface area contributed by atoms with Gasteiger partial charge in [0.05, 0.1) is 0 Å². The Morgan fingerprint density at radius 3 is 2.80 bits per heavy atom. The zero-order valence-electron chi connectivity index (χ0n) is 5.84. The van der Waals surface area contributed by atoms with Crippen LogP contribution in [0.3, 0.4) is 0 Å². The molecule has 0 aromatic carbocycles. The number of nitrogens with zero attached hydrogens (tertiary/aromatic N) is 2. The minimum absolute atomic E-state index is 0.774. The van der Waals surface area contributed by atoms with Crippen LogP contribution in [0.25, 0.3) is 0 Å². The Kier molecular flexibility index (Phi) is 1.47. The van der Waals surface area contributed by atoms with Gasteiger partial charge in [-0.3, -0.25) is 0 Å². The molecule has 1 aliphatic carbocycles. The van der Waals surface area contributed by atoms with Gasteiger partial charge in [-0.05, 0) is 42.4 Å². The van der Waals surface area contributed by atoms with E-state index in [2.05, 4.69) is 45.3 Å². The van der Waals surface area contributed by atoms with Gasteiger partial charge in [0.2, 0.25) is 0 Å². The predicted molar refractivity (Wildman–Crippen MR) is 48.0 cm³/mol. The van der Waals surface area contributed by atoms with E-state index < -0.39 is 0 Å². The SMILES string of the molecule is Cc1nc(I)cn1C1CC1. The Hall–Kier alpha value is -0.0600. The fraction of sp³-hybridized carbons (Fsp3) is 0.571. The van der Waals surface area contributed by atoms with Crippen LogP contribution in [0.2, 0.25) is 0 Å². The van der Waals surface area contributed by atoms with Crippen molar-refractivity contribution in [3.63, 3.8) is 0 Å². The summed E-state index contributed by atoms with van der Waals surface area (Å²) in [5, 5.41) is 0. The van der Waals surface area contributed by atoms with Gasteiger partial charge in [0.1, 0.15) is 9.53 Å². The zero-order valence-corrected chi connectivity index (χ0v) is 8.00. The molecule has 0 atom stereocenters.